The van der Waals surface area contributed by atoms with Gasteiger partial charge in [0, 0.05) is 39.9 Å². The number of rotatable bonds is 3. The van der Waals surface area contributed by atoms with E-state index >= 15 is 0 Å². The van der Waals surface area contributed by atoms with Gasteiger partial charge in [0.05, 0.1) is 26.6 Å². The van der Waals surface area contributed by atoms with Crippen LogP contribution in [0, 0.1) is 20.2 Å². The van der Waals surface area contributed by atoms with Crippen LogP contribution in [0.2, 0.25) is 0 Å². The summed E-state index contributed by atoms with van der Waals surface area (Å²) in [4.78, 5) is 27.5. The second-order valence-electron chi connectivity index (χ2n) is 4.57. The molecule has 112 valence electrons. The maximum atomic E-state index is 10.9. The SMILES string of the molecule is [N-]=[N+]=Nc1c2ccc([N+](=O)[O-])cc2nc2cc([N+](=O)[O-])ccc12. The molecule has 10 nitrogen and oxygen atoms in total. The second kappa shape index (κ2) is 5.20. The van der Waals surface area contributed by atoms with Crippen LogP contribution in [0.1, 0.15) is 0 Å². The molecule has 0 spiro atoms. The zero-order valence-corrected chi connectivity index (χ0v) is 11.3. The molecule has 0 saturated heterocycles. The molecule has 1 aromatic heterocycles. The number of nitro benzene ring substituents is 2. The van der Waals surface area contributed by atoms with Crippen molar-refractivity contribution in [1.82, 2.24) is 4.98 Å². The minimum Gasteiger partial charge on any atom is -0.258 e. The molecule has 0 atom stereocenters. The quantitative estimate of drug-likeness (QED) is 0.178. The Labute approximate surface area is 126 Å². The van der Waals surface area contributed by atoms with Crippen molar-refractivity contribution in [2.45, 2.75) is 0 Å². The van der Waals surface area contributed by atoms with E-state index in [0.717, 1.165) is 0 Å². The third-order valence-electron chi connectivity index (χ3n) is 3.28. The lowest BCUT2D eigenvalue weighted by Crippen LogP contribution is -1.91. The Hall–Kier alpha value is -3.78. The van der Waals surface area contributed by atoms with Gasteiger partial charge < -0.3 is 0 Å². The number of non-ortho nitro benzene ring substituents is 2. The third kappa shape index (κ3) is 2.34. The number of benzene rings is 2. The molecule has 1 heterocycles. The normalized spacial score (nSPS) is 10.4. The molecule has 0 N–H and O–H groups in total. The first kappa shape index (κ1) is 14.2. The van der Waals surface area contributed by atoms with Crippen LogP contribution < -0.4 is 0 Å². The minimum atomic E-state index is -0.577. The molecule has 3 rings (SSSR count). The van der Waals surface area contributed by atoms with Crippen LogP contribution >= 0.6 is 0 Å². The zero-order valence-electron chi connectivity index (χ0n) is 11.3. The standard InChI is InChI=1S/C13H6N6O4/c14-17-16-13-9-3-1-7(18(20)21)5-11(9)15-12-6-8(19(22)23)2-4-10(12)13/h1-6H. The number of nitrogens with zero attached hydrogens (tertiary/aromatic N) is 6. The average Bonchev–Trinajstić information content (AvgIpc) is 2.53. The van der Waals surface area contributed by atoms with E-state index in [0.29, 0.717) is 10.8 Å². The number of azide groups is 1. The molecule has 2 aromatic carbocycles. The zero-order chi connectivity index (χ0) is 16.6. The van der Waals surface area contributed by atoms with Crippen LogP contribution in [0.15, 0.2) is 41.5 Å². The molecule has 0 aliphatic rings. The topological polar surface area (TPSA) is 148 Å². The Kier molecular flexibility index (Phi) is 3.21. The van der Waals surface area contributed by atoms with Gasteiger partial charge in [-0.2, -0.15) is 0 Å². The molecule has 23 heavy (non-hydrogen) atoms. The van der Waals surface area contributed by atoms with Crippen molar-refractivity contribution in [1.29, 1.82) is 0 Å². The van der Waals surface area contributed by atoms with Gasteiger partial charge in [0.25, 0.3) is 11.4 Å². The molecule has 0 amide bonds. The lowest BCUT2D eigenvalue weighted by atomic mass is 10.1. The Morgan fingerprint density at radius 1 is 0.957 bits per heavy atom. The fourth-order valence-corrected chi connectivity index (χ4v) is 2.28. The smallest absolute Gasteiger partial charge is 0.258 e. The summed E-state index contributed by atoms with van der Waals surface area (Å²) in [6.07, 6.45) is 0. The van der Waals surface area contributed by atoms with Crippen LogP contribution in [-0.2, 0) is 0 Å². The molecular weight excluding hydrogens is 304 g/mol. The van der Waals surface area contributed by atoms with Gasteiger partial charge in [-0.25, -0.2) is 4.98 Å². The molecule has 0 aliphatic carbocycles. The summed E-state index contributed by atoms with van der Waals surface area (Å²) in [5, 5.41) is 26.2. The number of nitro groups is 2. The van der Waals surface area contributed by atoms with E-state index < -0.39 is 9.85 Å². The molecule has 0 unspecified atom stereocenters. The van der Waals surface area contributed by atoms with Crippen molar-refractivity contribution in [3.05, 3.63) is 67.1 Å². The van der Waals surface area contributed by atoms with Crippen molar-refractivity contribution in [3.8, 4) is 0 Å². The summed E-state index contributed by atoms with van der Waals surface area (Å²) in [6.45, 7) is 0. The molecule has 0 fully saturated rings. The number of hydrogen-bond acceptors (Lipinski definition) is 6. The largest absolute Gasteiger partial charge is 0.271 e. The van der Waals surface area contributed by atoms with Crippen molar-refractivity contribution in [2.75, 3.05) is 0 Å². The third-order valence-corrected chi connectivity index (χ3v) is 3.28. The first-order chi connectivity index (χ1) is 11.0. The average molecular weight is 310 g/mol. The molecular formula is C13H6N6O4. The van der Waals surface area contributed by atoms with Gasteiger partial charge in [0.15, 0.2) is 0 Å². The summed E-state index contributed by atoms with van der Waals surface area (Å²) < 4.78 is 0. The number of pyridine rings is 1. The van der Waals surface area contributed by atoms with Crippen LogP contribution in [-0.4, -0.2) is 14.8 Å². The predicted molar refractivity (Wildman–Crippen MR) is 81.4 cm³/mol. The predicted octanol–water partition coefficient (Wildman–Crippen LogP) is 4.15. The van der Waals surface area contributed by atoms with Crippen molar-refractivity contribution in [2.24, 2.45) is 5.11 Å². The molecule has 3 aromatic rings. The highest BCUT2D eigenvalue weighted by Crippen LogP contribution is 2.36. The van der Waals surface area contributed by atoms with E-state index in [9.17, 15) is 20.2 Å². The van der Waals surface area contributed by atoms with Gasteiger partial charge >= 0.3 is 0 Å². The van der Waals surface area contributed by atoms with E-state index in [4.69, 9.17) is 5.53 Å². The Bertz CT molecular complexity index is 969. The Morgan fingerprint density at radius 3 is 1.83 bits per heavy atom. The first-order valence-corrected chi connectivity index (χ1v) is 6.22. The summed E-state index contributed by atoms with van der Waals surface area (Å²) in [5.41, 5.74) is 9.04. The fourth-order valence-electron chi connectivity index (χ4n) is 2.28. The van der Waals surface area contributed by atoms with Crippen LogP contribution in [0.4, 0.5) is 17.1 Å². The fraction of sp³-hybridized carbons (Fsp3) is 0. The van der Waals surface area contributed by atoms with Crippen molar-refractivity contribution < 1.29 is 9.85 Å². The summed E-state index contributed by atoms with van der Waals surface area (Å²) in [6, 6.07) is 7.87. The lowest BCUT2D eigenvalue weighted by molar-refractivity contribution is -0.384. The van der Waals surface area contributed by atoms with Gasteiger partial charge in [-0.1, -0.05) is 5.11 Å². The monoisotopic (exact) mass is 310 g/mol. The highest BCUT2D eigenvalue weighted by molar-refractivity contribution is 6.06. The van der Waals surface area contributed by atoms with Crippen LogP contribution in [0.3, 0.4) is 0 Å². The first-order valence-electron chi connectivity index (χ1n) is 6.22. The van der Waals surface area contributed by atoms with Gasteiger partial charge in [-0.15, -0.1) is 0 Å². The van der Waals surface area contributed by atoms with Crippen LogP contribution in [0.5, 0.6) is 0 Å². The molecule has 0 saturated carbocycles. The van der Waals surface area contributed by atoms with E-state index in [1.54, 1.807) is 0 Å². The lowest BCUT2D eigenvalue weighted by Gasteiger charge is -2.06. The van der Waals surface area contributed by atoms with E-state index in [1.807, 2.05) is 0 Å². The highest BCUT2D eigenvalue weighted by Gasteiger charge is 2.15. The molecule has 10 heteroatoms. The molecule has 0 aliphatic heterocycles. The summed E-state index contributed by atoms with van der Waals surface area (Å²) in [7, 11) is 0. The van der Waals surface area contributed by atoms with Gasteiger partial charge in [-0.3, -0.25) is 20.2 Å². The number of hydrogen-bond donors (Lipinski definition) is 0. The second-order valence-corrected chi connectivity index (χ2v) is 4.57. The number of aromatic nitrogens is 1. The highest BCUT2D eigenvalue weighted by atomic mass is 16.6. The Morgan fingerprint density at radius 2 is 1.43 bits per heavy atom. The van der Waals surface area contributed by atoms with Crippen LogP contribution in [0.25, 0.3) is 32.2 Å². The number of fused-ring (bicyclic) bond motifs is 2. The van der Waals surface area contributed by atoms with E-state index in [1.165, 1.54) is 36.4 Å². The summed E-state index contributed by atoms with van der Waals surface area (Å²) >= 11 is 0. The van der Waals surface area contributed by atoms with Gasteiger partial charge in [-0.05, 0) is 17.7 Å². The Balaban J connectivity index is 2.45. The maximum absolute atomic E-state index is 10.9. The van der Waals surface area contributed by atoms with Gasteiger partial charge in [0.2, 0.25) is 0 Å². The van der Waals surface area contributed by atoms with Crippen molar-refractivity contribution in [3.63, 3.8) is 0 Å². The maximum Gasteiger partial charge on any atom is 0.271 e. The van der Waals surface area contributed by atoms with E-state index in [2.05, 4.69) is 15.0 Å². The summed E-state index contributed by atoms with van der Waals surface area (Å²) in [5.74, 6) is 0. The molecule has 0 radical (unpaired) electrons. The van der Waals surface area contributed by atoms with Crippen molar-refractivity contribution >= 4 is 38.9 Å². The minimum absolute atomic E-state index is 0.179. The van der Waals surface area contributed by atoms with Gasteiger partial charge in [0.1, 0.15) is 0 Å². The molecule has 0 bridgehead atoms. The van der Waals surface area contributed by atoms with E-state index in [-0.39, 0.29) is 28.1 Å².